The van der Waals surface area contributed by atoms with Gasteiger partial charge in [0, 0.05) is 0 Å². The Kier molecular flexibility index (Phi) is 4.65. The van der Waals surface area contributed by atoms with Gasteiger partial charge in [-0.25, -0.2) is 0 Å². The quantitative estimate of drug-likeness (QED) is 0.314. The zero-order valence-corrected chi connectivity index (χ0v) is 18.8. The van der Waals surface area contributed by atoms with Crippen LogP contribution in [0.2, 0.25) is 0 Å². The van der Waals surface area contributed by atoms with E-state index in [-0.39, 0.29) is 0 Å². The Labute approximate surface area is 170 Å². The average molecular weight is 371 g/mol. The van der Waals surface area contributed by atoms with Crippen molar-refractivity contribution in [3.63, 3.8) is 0 Å². The third-order valence-corrected chi connectivity index (χ3v) is 6.52. The molecule has 0 spiro atoms. The van der Waals surface area contributed by atoms with E-state index in [4.69, 9.17) is 0 Å². The molecule has 0 heterocycles. The third-order valence-electron chi connectivity index (χ3n) is 6.52. The van der Waals surface area contributed by atoms with Gasteiger partial charge in [-0.05, 0) is 90.4 Å². The summed E-state index contributed by atoms with van der Waals surface area (Å²) >= 11 is 0. The first-order valence-electron chi connectivity index (χ1n) is 11.0. The maximum atomic E-state index is 2.50. The van der Waals surface area contributed by atoms with Crippen LogP contribution in [0.3, 0.4) is 0 Å². The molecule has 0 unspecified atom stereocenters. The molecule has 4 aromatic carbocycles. The summed E-state index contributed by atoms with van der Waals surface area (Å²) in [5, 5.41) is 8.82. The molecule has 0 radical (unpaired) electrons. The van der Waals surface area contributed by atoms with Gasteiger partial charge in [0.05, 0.1) is 0 Å². The Morgan fingerprint density at radius 1 is 0.393 bits per heavy atom. The van der Waals surface area contributed by atoms with E-state index in [0.717, 1.165) is 0 Å². The summed E-state index contributed by atoms with van der Waals surface area (Å²) in [5.41, 5.74) is 5.93. The minimum absolute atomic E-state index is 0.515. The molecule has 0 bridgehead atoms. The van der Waals surface area contributed by atoms with Gasteiger partial charge < -0.3 is 0 Å². The van der Waals surface area contributed by atoms with E-state index in [1.807, 2.05) is 0 Å². The van der Waals surface area contributed by atoms with E-state index in [1.54, 1.807) is 0 Å². The van der Waals surface area contributed by atoms with Gasteiger partial charge in [-0.15, -0.1) is 0 Å². The highest BCUT2D eigenvalue weighted by atomic mass is 14.2. The minimum atomic E-state index is 0.515. The lowest BCUT2D eigenvalue weighted by molar-refractivity contribution is 0.862. The molecular formula is C28H34. The molecule has 4 aromatic rings. The lowest BCUT2D eigenvalue weighted by Crippen LogP contribution is -2.01. The molecule has 0 aliphatic heterocycles. The highest BCUT2D eigenvalue weighted by Gasteiger charge is 2.21. The van der Waals surface area contributed by atoms with E-state index in [1.165, 1.54) is 54.6 Å². The van der Waals surface area contributed by atoms with Gasteiger partial charge in [0.25, 0.3) is 0 Å². The van der Waals surface area contributed by atoms with Crippen LogP contribution < -0.4 is 0 Å². The van der Waals surface area contributed by atoms with E-state index in [9.17, 15) is 0 Å². The molecule has 0 saturated heterocycles. The van der Waals surface area contributed by atoms with Crippen molar-refractivity contribution < 1.29 is 0 Å². The van der Waals surface area contributed by atoms with Gasteiger partial charge in [-0.3, -0.25) is 0 Å². The van der Waals surface area contributed by atoms with Crippen molar-refractivity contribution in [3.05, 3.63) is 58.7 Å². The molecule has 0 saturated carbocycles. The van der Waals surface area contributed by atoms with Gasteiger partial charge >= 0.3 is 0 Å². The van der Waals surface area contributed by atoms with Crippen LogP contribution in [-0.4, -0.2) is 0 Å². The second kappa shape index (κ2) is 6.76. The Morgan fingerprint density at radius 2 is 0.714 bits per heavy atom. The smallest absolute Gasteiger partial charge is 0.00207 e. The summed E-state index contributed by atoms with van der Waals surface area (Å²) in [6, 6.07) is 14.6. The second-order valence-corrected chi connectivity index (χ2v) is 9.80. The summed E-state index contributed by atoms with van der Waals surface area (Å²) in [4.78, 5) is 0. The SMILES string of the molecule is CC(C)c1cc2c(C(C)C)ccc3c(C(C)C)cc4c(C(C)C)ccc1c4c32. The summed E-state index contributed by atoms with van der Waals surface area (Å²) in [7, 11) is 0. The van der Waals surface area contributed by atoms with Crippen molar-refractivity contribution in [2.45, 2.75) is 79.1 Å². The van der Waals surface area contributed by atoms with Crippen molar-refractivity contribution in [1.29, 1.82) is 0 Å². The van der Waals surface area contributed by atoms with Gasteiger partial charge in [-0.2, -0.15) is 0 Å². The maximum absolute atomic E-state index is 2.50. The molecule has 0 fully saturated rings. The normalized spacial score (nSPS) is 12.9. The summed E-state index contributed by atoms with van der Waals surface area (Å²) < 4.78 is 0. The zero-order chi connectivity index (χ0) is 20.3. The Balaban J connectivity index is 2.36. The zero-order valence-electron chi connectivity index (χ0n) is 18.8. The minimum Gasteiger partial charge on any atom is -0.0587 e. The Morgan fingerprint density at radius 3 is 1.00 bits per heavy atom. The lowest BCUT2D eigenvalue weighted by Gasteiger charge is -2.24. The molecule has 0 aromatic heterocycles. The first-order chi connectivity index (χ1) is 13.2. The topological polar surface area (TPSA) is 0 Å². The fourth-order valence-electron chi connectivity index (χ4n) is 5.03. The lowest BCUT2D eigenvalue weighted by atomic mass is 9.80. The summed E-state index contributed by atoms with van der Waals surface area (Å²) in [6.45, 7) is 18.6. The highest BCUT2D eigenvalue weighted by Crippen LogP contribution is 2.45. The number of rotatable bonds is 4. The summed E-state index contributed by atoms with van der Waals surface area (Å²) in [6.07, 6.45) is 0. The van der Waals surface area contributed by atoms with Crippen molar-refractivity contribution in [2.75, 3.05) is 0 Å². The van der Waals surface area contributed by atoms with Crippen molar-refractivity contribution >= 4 is 32.3 Å². The van der Waals surface area contributed by atoms with Crippen LogP contribution in [-0.2, 0) is 0 Å². The number of hydrogen-bond acceptors (Lipinski definition) is 0. The summed E-state index contributed by atoms with van der Waals surface area (Å²) in [5.74, 6) is 2.08. The molecule has 0 nitrogen and oxygen atoms in total. The molecule has 0 aliphatic carbocycles. The van der Waals surface area contributed by atoms with Gasteiger partial charge in [0.15, 0.2) is 0 Å². The monoisotopic (exact) mass is 370 g/mol. The van der Waals surface area contributed by atoms with Gasteiger partial charge in [0.1, 0.15) is 0 Å². The van der Waals surface area contributed by atoms with Crippen LogP contribution in [0.1, 0.15) is 101 Å². The van der Waals surface area contributed by atoms with E-state index in [0.29, 0.717) is 23.7 Å². The molecule has 0 heteroatoms. The van der Waals surface area contributed by atoms with Crippen LogP contribution in [0.4, 0.5) is 0 Å². The van der Waals surface area contributed by atoms with Crippen molar-refractivity contribution in [3.8, 4) is 0 Å². The van der Waals surface area contributed by atoms with Gasteiger partial charge in [-0.1, -0.05) is 79.7 Å². The molecule has 28 heavy (non-hydrogen) atoms. The molecule has 0 atom stereocenters. The number of benzene rings is 4. The van der Waals surface area contributed by atoms with Crippen LogP contribution in [0.5, 0.6) is 0 Å². The van der Waals surface area contributed by atoms with E-state index in [2.05, 4.69) is 91.8 Å². The average Bonchev–Trinajstić information content (AvgIpc) is 2.63. The van der Waals surface area contributed by atoms with Crippen molar-refractivity contribution in [1.82, 2.24) is 0 Å². The molecule has 0 aliphatic rings. The standard InChI is InChI=1S/C28H34/c1-15(2)19-9-11-21-24(18(7)8)14-26-20(16(3)4)10-12-22-23(17(5)6)13-25(19)27(21)28(22)26/h9-18H,1-8H3. The van der Waals surface area contributed by atoms with Crippen molar-refractivity contribution in [2.24, 2.45) is 0 Å². The predicted molar refractivity (Wildman–Crippen MR) is 127 cm³/mol. The first kappa shape index (κ1) is 19.2. The fraction of sp³-hybridized carbons (Fsp3) is 0.429. The largest absolute Gasteiger partial charge is 0.0587 e. The maximum Gasteiger partial charge on any atom is -0.00207 e. The highest BCUT2D eigenvalue weighted by molar-refractivity contribution is 6.26. The Bertz CT molecular complexity index is 1060. The predicted octanol–water partition coefficient (Wildman–Crippen LogP) is 9.08. The molecular weight excluding hydrogens is 336 g/mol. The molecule has 0 amide bonds. The molecule has 146 valence electrons. The molecule has 0 N–H and O–H groups in total. The van der Waals surface area contributed by atoms with Crippen LogP contribution in [0, 0.1) is 0 Å². The molecule has 4 rings (SSSR count). The van der Waals surface area contributed by atoms with E-state index < -0.39 is 0 Å². The fourth-order valence-corrected chi connectivity index (χ4v) is 5.03. The third kappa shape index (κ3) is 2.72. The van der Waals surface area contributed by atoms with Crippen LogP contribution >= 0.6 is 0 Å². The Hall–Kier alpha value is -2.08. The van der Waals surface area contributed by atoms with Crippen LogP contribution in [0.25, 0.3) is 32.3 Å². The van der Waals surface area contributed by atoms with E-state index >= 15 is 0 Å². The number of hydrogen-bond donors (Lipinski definition) is 0. The first-order valence-corrected chi connectivity index (χ1v) is 11.0. The second-order valence-electron chi connectivity index (χ2n) is 9.80. The van der Waals surface area contributed by atoms with Crippen LogP contribution in [0.15, 0.2) is 36.4 Å². The van der Waals surface area contributed by atoms with Gasteiger partial charge in [0.2, 0.25) is 0 Å².